The van der Waals surface area contributed by atoms with Gasteiger partial charge in [0.15, 0.2) is 0 Å². The van der Waals surface area contributed by atoms with Crippen LogP contribution in [0.1, 0.15) is 36.6 Å². The van der Waals surface area contributed by atoms with E-state index in [9.17, 15) is 4.79 Å². The SMILES string of the molecule is O=c1c2c(nc3ccncn13)COC2[C@@H]1CCO[C@H]([C@H]2CCOC2)C1. The topological polar surface area (TPSA) is 75.0 Å². The van der Waals surface area contributed by atoms with E-state index in [4.69, 9.17) is 14.2 Å². The maximum Gasteiger partial charge on any atom is 0.265 e. The Labute approximate surface area is 144 Å². The molecule has 0 aromatic carbocycles. The average Bonchev–Trinajstić information content (AvgIpc) is 3.32. The van der Waals surface area contributed by atoms with Crippen LogP contribution in [0.3, 0.4) is 0 Å². The van der Waals surface area contributed by atoms with E-state index in [2.05, 4.69) is 9.97 Å². The summed E-state index contributed by atoms with van der Waals surface area (Å²) in [7, 11) is 0. The molecule has 2 aromatic rings. The lowest BCUT2D eigenvalue weighted by Gasteiger charge is -2.35. The van der Waals surface area contributed by atoms with E-state index in [1.165, 1.54) is 10.7 Å². The first-order chi connectivity index (χ1) is 12.3. The molecule has 5 rings (SSSR count). The van der Waals surface area contributed by atoms with Gasteiger partial charge in [-0.3, -0.25) is 9.20 Å². The summed E-state index contributed by atoms with van der Waals surface area (Å²) in [6.07, 6.45) is 6.06. The van der Waals surface area contributed by atoms with Crippen LogP contribution in [0.25, 0.3) is 5.65 Å². The Bertz CT molecular complexity index is 846. The van der Waals surface area contributed by atoms with Crippen molar-refractivity contribution in [2.45, 2.75) is 38.1 Å². The minimum absolute atomic E-state index is 0.0529. The molecule has 5 heterocycles. The molecule has 4 atom stereocenters. The second-order valence-corrected chi connectivity index (χ2v) is 7.13. The van der Waals surface area contributed by atoms with Crippen molar-refractivity contribution >= 4 is 5.65 Å². The summed E-state index contributed by atoms with van der Waals surface area (Å²) in [6.45, 7) is 2.72. The smallest absolute Gasteiger partial charge is 0.265 e. The molecule has 2 fully saturated rings. The van der Waals surface area contributed by atoms with Gasteiger partial charge < -0.3 is 14.2 Å². The lowest BCUT2D eigenvalue weighted by atomic mass is 9.83. The molecule has 0 spiro atoms. The van der Waals surface area contributed by atoms with E-state index in [1.54, 1.807) is 12.3 Å². The summed E-state index contributed by atoms with van der Waals surface area (Å²) < 4.78 is 19.1. The number of aromatic nitrogens is 3. The van der Waals surface area contributed by atoms with Crippen LogP contribution >= 0.6 is 0 Å². The standard InChI is InChI=1S/C18H21N3O4/c22-18-16-13(20-15-1-4-19-10-21(15)18)9-25-17(16)11-3-6-24-14(7-11)12-2-5-23-8-12/h1,4,10-12,14,17H,2-3,5-9H2/t11-,12+,14+,17?/m1/s1. The monoisotopic (exact) mass is 343 g/mol. The molecular weight excluding hydrogens is 322 g/mol. The predicted molar refractivity (Wildman–Crippen MR) is 88.2 cm³/mol. The fraction of sp³-hybridized carbons (Fsp3) is 0.611. The van der Waals surface area contributed by atoms with Crippen molar-refractivity contribution in [3.63, 3.8) is 0 Å². The van der Waals surface area contributed by atoms with Crippen LogP contribution in [0.2, 0.25) is 0 Å². The fourth-order valence-corrected chi connectivity index (χ4v) is 4.38. The summed E-state index contributed by atoms with van der Waals surface area (Å²) in [5, 5.41) is 0. The molecule has 0 radical (unpaired) electrons. The molecule has 0 amide bonds. The highest BCUT2D eigenvalue weighted by atomic mass is 16.5. The van der Waals surface area contributed by atoms with Crippen molar-refractivity contribution in [1.82, 2.24) is 14.4 Å². The van der Waals surface area contributed by atoms with Gasteiger partial charge in [0.2, 0.25) is 0 Å². The van der Waals surface area contributed by atoms with Gasteiger partial charge in [0, 0.05) is 25.3 Å². The van der Waals surface area contributed by atoms with Crippen LogP contribution in [0.5, 0.6) is 0 Å². The fourth-order valence-electron chi connectivity index (χ4n) is 4.38. The highest BCUT2D eigenvalue weighted by molar-refractivity contribution is 5.40. The highest BCUT2D eigenvalue weighted by Gasteiger charge is 2.40. The molecule has 0 bridgehead atoms. The lowest BCUT2D eigenvalue weighted by Crippen LogP contribution is -2.36. The number of ether oxygens (including phenoxy) is 3. The Morgan fingerprint density at radius 3 is 2.96 bits per heavy atom. The molecule has 25 heavy (non-hydrogen) atoms. The van der Waals surface area contributed by atoms with E-state index >= 15 is 0 Å². The third kappa shape index (κ3) is 2.58. The maximum absolute atomic E-state index is 13.0. The van der Waals surface area contributed by atoms with Gasteiger partial charge in [0.1, 0.15) is 12.0 Å². The van der Waals surface area contributed by atoms with Crippen molar-refractivity contribution in [3.8, 4) is 0 Å². The Morgan fingerprint density at radius 2 is 2.08 bits per heavy atom. The molecule has 3 aliphatic rings. The summed E-state index contributed by atoms with van der Waals surface area (Å²) >= 11 is 0. The van der Waals surface area contributed by atoms with Gasteiger partial charge in [-0.25, -0.2) is 9.97 Å². The largest absolute Gasteiger partial charge is 0.381 e. The molecule has 0 saturated carbocycles. The normalized spacial score (nSPS) is 32.2. The molecule has 2 saturated heterocycles. The number of hydrogen-bond acceptors (Lipinski definition) is 6. The zero-order chi connectivity index (χ0) is 16.8. The zero-order valence-corrected chi connectivity index (χ0v) is 14.0. The molecule has 1 unspecified atom stereocenters. The summed E-state index contributed by atoms with van der Waals surface area (Å²) in [5.41, 5.74) is 2.05. The Balaban J connectivity index is 1.47. The van der Waals surface area contributed by atoms with Gasteiger partial charge in [-0.1, -0.05) is 0 Å². The molecular formula is C18H21N3O4. The quantitative estimate of drug-likeness (QED) is 0.822. The average molecular weight is 343 g/mol. The van der Waals surface area contributed by atoms with E-state index in [-0.39, 0.29) is 23.7 Å². The predicted octanol–water partition coefficient (Wildman–Crippen LogP) is 1.49. The molecule has 0 aliphatic carbocycles. The second-order valence-electron chi connectivity index (χ2n) is 7.13. The lowest BCUT2D eigenvalue weighted by molar-refractivity contribution is -0.0830. The van der Waals surface area contributed by atoms with Crippen LogP contribution in [0.4, 0.5) is 0 Å². The van der Waals surface area contributed by atoms with Crippen LogP contribution in [-0.4, -0.2) is 40.3 Å². The number of fused-ring (bicyclic) bond motifs is 2. The number of rotatable bonds is 2. The van der Waals surface area contributed by atoms with Crippen molar-refractivity contribution in [2.75, 3.05) is 19.8 Å². The zero-order valence-electron chi connectivity index (χ0n) is 14.0. The molecule has 7 heteroatoms. The molecule has 0 N–H and O–H groups in total. The number of nitrogens with zero attached hydrogens (tertiary/aromatic N) is 3. The van der Waals surface area contributed by atoms with Gasteiger partial charge in [0.05, 0.1) is 36.7 Å². The summed E-state index contributed by atoms with van der Waals surface area (Å²) in [5.74, 6) is 0.744. The second kappa shape index (κ2) is 6.16. The minimum Gasteiger partial charge on any atom is -0.381 e. The van der Waals surface area contributed by atoms with E-state index in [0.717, 1.165) is 38.2 Å². The molecule has 7 nitrogen and oxygen atoms in total. The minimum atomic E-state index is -0.194. The van der Waals surface area contributed by atoms with Crippen LogP contribution < -0.4 is 5.56 Å². The third-order valence-electron chi connectivity index (χ3n) is 5.71. The van der Waals surface area contributed by atoms with E-state index in [1.807, 2.05) is 0 Å². The molecule has 132 valence electrons. The number of hydrogen-bond donors (Lipinski definition) is 0. The van der Waals surface area contributed by atoms with Crippen molar-refractivity contribution < 1.29 is 14.2 Å². The van der Waals surface area contributed by atoms with Gasteiger partial charge in [-0.15, -0.1) is 0 Å². The highest BCUT2D eigenvalue weighted by Crippen LogP contribution is 2.41. The first kappa shape index (κ1) is 15.4. The van der Waals surface area contributed by atoms with E-state index < -0.39 is 0 Å². The van der Waals surface area contributed by atoms with E-state index in [0.29, 0.717) is 30.3 Å². The van der Waals surface area contributed by atoms with Crippen molar-refractivity contribution in [3.05, 3.63) is 40.2 Å². The molecule has 3 aliphatic heterocycles. The van der Waals surface area contributed by atoms with Gasteiger partial charge in [0.25, 0.3) is 5.56 Å². The van der Waals surface area contributed by atoms with Crippen LogP contribution in [0, 0.1) is 11.8 Å². The summed E-state index contributed by atoms with van der Waals surface area (Å²) in [4.78, 5) is 21.6. The van der Waals surface area contributed by atoms with Gasteiger partial charge in [-0.05, 0) is 31.2 Å². The Kier molecular flexibility index (Phi) is 3.80. The molecule has 2 aromatic heterocycles. The third-order valence-corrected chi connectivity index (χ3v) is 5.71. The van der Waals surface area contributed by atoms with Gasteiger partial charge in [-0.2, -0.15) is 0 Å². The summed E-state index contributed by atoms with van der Waals surface area (Å²) in [6, 6.07) is 1.75. The first-order valence-corrected chi connectivity index (χ1v) is 8.97. The Hall–Kier alpha value is -1.83. The van der Waals surface area contributed by atoms with Gasteiger partial charge >= 0.3 is 0 Å². The van der Waals surface area contributed by atoms with Crippen LogP contribution in [0.15, 0.2) is 23.4 Å². The van der Waals surface area contributed by atoms with Crippen molar-refractivity contribution in [1.29, 1.82) is 0 Å². The van der Waals surface area contributed by atoms with Crippen molar-refractivity contribution in [2.24, 2.45) is 11.8 Å². The van der Waals surface area contributed by atoms with Crippen LogP contribution in [-0.2, 0) is 20.8 Å². The maximum atomic E-state index is 13.0. The first-order valence-electron chi connectivity index (χ1n) is 8.97. The Morgan fingerprint density at radius 1 is 1.16 bits per heavy atom.